The minimum absolute atomic E-state index is 0.0235. The number of rotatable bonds is 6. The third kappa shape index (κ3) is 3.76. The normalized spacial score (nSPS) is 14.8. The molecule has 30 heavy (non-hydrogen) atoms. The number of amides is 1. The van der Waals surface area contributed by atoms with Gasteiger partial charge < -0.3 is 20.3 Å². The van der Waals surface area contributed by atoms with Crippen molar-refractivity contribution in [1.82, 2.24) is 5.32 Å². The topological polar surface area (TPSA) is 113 Å². The lowest BCUT2D eigenvalue weighted by molar-refractivity contribution is -0.138. The van der Waals surface area contributed by atoms with Crippen LogP contribution in [0.25, 0.3) is 5.76 Å². The van der Waals surface area contributed by atoms with Crippen LogP contribution in [-0.2, 0) is 26.4 Å². The Hall–Kier alpha value is -3.68. The van der Waals surface area contributed by atoms with Crippen molar-refractivity contribution in [2.75, 3.05) is 6.54 Å². The Morgan fingerprint density at radius 3 is 2.43 bits per heavy atom. The maximum absolute atomic E-state index is 15.3. The lowest BCUT2D eigenvalue weighted by Gasteiger charge is -2.32. The highest BCUT2D eigenvalue weighted by molar-refractivity contribution is 6.28. The van der Waals surface area contributed by atoms with Crippen molar-refractivity contribution in [2.45, 2.75) is 25.9 Å². The molecule has 0 aliphatic heterocycles. The first-order chi connectivity index (χ1) is 14.1. The number of aliphatic carboxylic acids is 1. The summed E-state index contributed by atoms with van der Waals surface area (Å²) in [5.41, 5.74) is -1.39. The van der Waals surface area contributed by atoms with Gasteiger partial charge in [0.1, 0.15) is 24.5 Å². The van der Waals surface area contributed by atoms with E-state index in [1.54, 1.807) is 0 Å². The Bertz CT molecular complexity index is 1060. The second kappa shape index (κ2) is 7.98. The van der Waals surface area contributed by atoms with Gasteiger partial charge >= 0.3 is 5.97 Å². The van der Waals surface area contributed by atoms with E-state index in [-0.39, 0.29) is 23.5 Å². The number of halogens is 1. The van der Waals surface area contributed by atoms with Gasteiger partial charge in [-0.05, 0) is 31.5 Å². The number of carboxylic acid groups (broad SMARTS) is 1. The summed E-state index contributed by atoms with van der Waals surface area (Å²) in [6.07, 6.45) is 0. The molecule has 0 aromatic heterocycles. The van der Waals surface area contributed by atoms with Crippen molar-refractivity contribution in [3.8, 4) is 5.75 Å². The zero-order valence-electron chi connectivity index (χ0n) is 16.4. The monoisotopic (exact) mass is 413 g/mol. The summed E-state index contributed by atoms with van der Waals surface area (Å²) in [6, 6.07) is 11.8. The Labute approximate surface area is 171 Å². The van der Waals surface area contributed by atoms with Gasteiger partial charge in [0.2, 0.25) is 0 Å². The van der Waals surface area contributed by atoms with Crippen molar-refractivity contribution >= 4 is 23.4 Å². The second-order valence-electron chi connectivity index (χ2n) is 7.33. The lowest BCUT2D eigenvalue weighted by atomic mass is 9.70. The Kier molecular flexibility index (Phi) is 5.60. The molecular formula is C22H20FNO6. The average Bonchev–Trinajstić information content (AvgIpc) is 2.70. The van der Waals surface area contributed by atoms with Gasteiger partial charge in [0.05, 0.1) is 5.41 Å². The molecule has 0 saturated carbocycles. The highest BCUT2D eigenvalue weighted by Crippen LogP contribution is 2.43. The maximum Gasteiger partial charge on any atom is 0.322 e. The fourth-order valence-corrected chi connectivity index (χ4v) is 3.34. The first-order valence-electron chi connectivity index (χ1n) is 9.12. The number of ketones is 1. The lowest BCUT2D eigenvalue weighted by Crippen LogP contribution is -2.42. The van der Waals surface area contributed by atoms with E-state index < -0.39 is 46.8 Å². The number of fused-ring (bicyclic) bond motifs is 1. The van der Waals surface area contributed by atoms with Gasteiger partial charge in [-0.2, -0.15) is 0 Å². The minimum Gasteiger partial charge on any atom is -0.506 e. The molecule has 7 nitrogen and oxygen atoms in total. The molecule has 0 bridgehead atoms. The van der Waals surface area contributed by atoms with E-state index in [0.717, 1.165) is 5.56 Å². The van der Waals surface area contributed by atoms with Gasteiger partial charge in [-0.15, -0.1) is 0 Å². The highest BCUT2D eigenvalue weighted by atomic mass is 19.1. The molecule has 1 aliphatic rings. The van der Waals surface area contributed by atoms with Crippen molar-refractivity contribution in [1.29, 1.82) is 0 Å². The first kappa shape index (κ1) is 21.0. The van der Waals surface area contributed by atoms with Crippen molar-refractivity contribution in [2.24, 2.45) is 0 Å². The predicted octanol–water partition coefficient (Wildman–Crippen LogP) is 2.73. The Morgan fingerprint density at radius 1 is 1.13 bits per heavy atom. The zero-order valence-corrected chi connectivity index (χ0v) is 16.4. The minimum atomic E-state index is -1.49. The summed E-state index contributed by atoms with van der Waals surface area (Å²) in [4.78, 5) is 35.9. The number of benzene rings is 2. The van der Waals surface area contributed by atoms with Crippen LogP contribution in [0, 0.1) is 5.82 Å². The predicted molar refractivity (Wildman–Crippen MR) is 105 cm³/mol. The quantitative estimate of drug-likeness (QED) is 0.628. The molecule has 1 amide bonds. The summed E-state index contributed by atoms with van der Waals surface area (Å²) >= 11 is 0. The summed E-state index contributed by atoms with van der Waals surface area (Å²) in [5, 5.41) is 21.3. The van der Waals surface area contributed by atoms with Crippen LogP contribution in [0.5, 0.6) is 5.75 Å². The fourth-order valence-electron chi connectivity index (χ4n) is 3.34. The molecule has 0 heterocycles. The Morgan fingerprint density at radius 2 is 1.80 bits per heavy atom. The van der Waals surface area contributed by atoms with E-state index in [0.29, 0.717) is 0 Å². The average molecular weight is 413 g/mol. The number of carboxylic acids is 1. The number of aliphatic hydroxyl groups excluding tert-OH is 1. The molecule has 0 radical (unpaired) electrons. The van der Waals surface area contributed by atoms with E-state index in [4.69, 9.17) is 9.84 Å². The Balaban J connectivity index is 2.00. The largest absolute Gasteiger partial charge is 0.506 e. The molecule has 156 valence electrons. The third-order valence-electron chi connectivity index (χ3n) is 4.88. The smallest absolute Gasteiger partial charge is 0.322 e. The summed E-state index contributed by atoms with van der Waals surface area (Å²) < 4.78 is 20.9. The molecular weight excluding hydrogens is 393 g/mol. The number of hydrogen-bond acceptors (Lipinski definition) is 5. The molecule has 3 rings (SSSR count). The van der Waals surface area contributed by atoms with Crippen LogP contribution < -0.4 is 10.1 Å². The standard InChI is InChI=1S/C22H20FNO6/c1-22(2)17-13(19(27)16(20(22)28)21(29)24-10-15(25)26)8-9-14(18(17)23)30-11-12-6-4-3-5-7-12/h3-9,27H,10-11H2,1-2H3,(H,24,29)(H,25,26). The molecule has 0 saturated heterocycles. The zero-order chi connectivity index (χ0) is 22.1. The number of Topliss-reactive ketones (excluding diaryl/α,β-unsaturated/α-hetero) is 1. The van der Waals surface area contributed by atoms with E-state index in [1.165, 1.54) is 26.0 Å². The maximum atomic E-state index is 15.3. The van der Waals surface area contributed by atoms with Crippen molar-refractivity contribution < 1.29 is 33.7 Å². The SMILES string of the molecule is CC1(C)C(=O)C(C(=O)NCC(=O)O)=C(O)c2ccc(OCc3ccccc3)c(F)c21. The molecule has 0 spiro atoms. The number of nitrogens with one attached hydrogen (secondary N) is 1. The van der Waals surface area contributed by atoms with Gasteiger partial charge in [0, 0.05) is 11.1 Å². The van der Waals surface area contributed by atoms with Crippen molar-refractivity contribution in [3.63, 3.8) is 0 Å². The van der Waals surface area contributed by atoms with Crippen LogP contribution in [0.2, 0.25) is 0 Å². The molecule has 3 N–H and O–H groups in total. The van der Waals surface area contributed by atoms with Gasteiger partial charge in [-0.1, -0.05) is 30.3 Å². The summed E-state index contributed by atoms with van der Waals surface area (Å²) in [5.74, 6) is -4.77. The number of aliphatic hydroxyl groups is 1. The fraction of sp³-hybridized carbons (Fsp3) is 0.227. The molecule has 0 atom stereocenters. The summed E-state index contributed by atoms with van der Waals surface area (Å²) in [7, 11) is 0. The molecule has 1 aliphatic carbocycles. The van der Waals surface area contributed by atoms with E-state index in [2.05, 4.69) is 5.32 Å². The number of carbonyl (C=O) groups is 3. The van der Waals surface area contributed by atoms with Crippen LogP contribution in [0.15, 0.2) is 48.0 Å². The van der Waals surface area contributed by atoms with Gasteiger partial charge in [-0.3, -0.25) is 14.4 Å². The number of ether oxygens (including phenoxy) is 1. The van der Waals surface area contributed by atoms with Crippen molar-refractivity contribution in [3.05, 3.63) is 70.5 Å². The molecule has 2 aromatic carbocycles. The van der Waals surface area contributed by atoms with Crippen LogP contribution in [-0.4, -0.2) is 34.4 Å². The molecule has 0 unspecified atom stereocenters. The summed E-state index contributed by atoms with van der Waals surface area (Å²) in [6.45, 7) is 2.23. The van der Waals surface area contributed by atoms with Gasteiger partial charge in [0.15, 0.2) is 17.3 Å². The second-order valence-corrected chi connectivity index (χ2v) is 7.33. The van der Waals surface area contributed by atoms with E-state index >= 15 is 4.39 Å². The molecule has 2 aromatic rings. The van der Waals surface area contributed by atoms with Crippen LogP contribution in [0.3, 0.4) is 0 Å². The third-order valence-corrected chi connectivity index (χ3v) is 4.88. The molecule has 8 heteroatoms. The first-order valence-corrected chi connectivity index (χ1v) is 9.12. The highest BCUT2D eigenvalue weighted by Gasteiger charge is 2.45. The van der Waals surface area contributed by atoms with Gasteiger partial charge in [0.25, 0.3) is 5.91 Å². The van der Waals surface area contributed by atoms with E-state index in [1.807, 2.05) is 30.3 Å². The van der Waals surface area contributed by atoms with Gasteiger partial charge in [-0.25, -0.2) is 4.39 Å². The number of hydrogen-bond donors (Lipinski definition) is 3. The molecule has 0 fully saturated rings. The van der Waals surface area contributed by atoms with E-state index in [9.17, 15) is 19.5 Å². The van der Waals surface area contributed by atoms with Crippen LogP contribution in [0.4, 0.5) is 4.39 Å². The van der Waals surface area contributed by atoms with Crippen LogP contribution in [0.1, 0.15) is 30.5 Å². The number of carbonyl (C=O) groups excluding carboxylic acids is 2. The van der Waals surface area contributed by atoms with Crippen LogP contribution >= 0.6 is 0 Å².